The maximum absolute atomic E-state index is 6.81. The highest BCUT2D eigenvalue weighted by Gasteiger charge is 2.52. The molecule has 0 fully saturated rings. The Kier molecular flexibility index (Phi) is 6.84. The van der Waals surface area contributed by atoms with E-state index in [0.717, 1.165) is 44.4 Å². The third-order valence-corrected chi connectivity index (χ3v) is 17.4. The van der Waals surface area contributed by atoms with Crippen LogP contribution in [0.5, 0.6) is 0 Å². The van der Waals surface area contributed by atoms with E-state index in [4.69, 9.17) is 4.42 Å². The molecule has 1 unspecified atom stereocenters. The highest BCUT2D eigenvalue weighted by atomic mass is 28.3. The Hall–Kier alpha value is -7.20. The topological polar surface area (TPSA) is 16.4 Å². The molecule has 60 heavy (non-hydrogen) atoms. The van der Waals surface area contributed by atoms with E-state index < -0.39 is 13.5 Å². The van der Waals surface area contributed by atoms with Crippen molar-refractivity contribution in [2.75, 3.05) is 4.90 Å². The Bertz CT molecular complexity index is 3610. The van der Waals surface area contributed by atoms with Gasteiger partial charge in [-0.3, -0.25) is 0 Å². The van der Waals surface area contributed by atoms with Crippen molar-refractivity contribution in [1.29, 1.82) is 0 Å². The lowest BCUT2D eigenvalue weighted by molar-refractivity contribution is 0.672. The van der Waals surface area contributed by atoms with Gasteiger partial charge in [0.25, 0.3) is 0 Å². The normalized spacial score (nSPS) is 16.0. The fourth-order valence-electron chi connectivity index (χ4n) is 11.2. The highest BCUT2D eigenvalue weighted by Crippen LogP contribution is 2.56. The van der Waals surface area contributed by atoms with Crippen LogP contribution in [0.4, 0.5) is 17.1 Å². The highest BCUT2D eigenvalue weighted by molar-refractivity contribution is 7.01. The van der Waals surface area contributed by atoms with Crippen molar-refractivity contribution < 1.29 is 4.42 Å². The Balaban J connectivity index is 1.10. The number of hydrogen-bond donors (Lipinski definition) is 0. The van der Waals surface area contributed by atoms with E-state index in [1.54, 1.807) is 0 Å². The van der Waals surface area contributed by atoms with Crippen molar-refractivity contribution in [3.05, 3.63) is 222 Å². The largest absolute Gasteiger partial charge is 0.455 e. The minimum atomic E-state index is -2.30. The first-order chi connectivity index (χ1) is 29.5. The van der Waals surface area contributed by atoms with E-state index in [1.165, 1.54) is 70.7 Å². The van der Waals surface area contributed by atoms with Crippen LogP contribution in [0.3, 0.4) is 0 Å². The summed E-state index contributed by atoms with van der Waals surface area (Å²) < 4.78 is 6.81. The van der Waals surface area contributed by atoms with Gasteiger partial charge in [0.05, 0.1) is 5.41 Å². The average molecular weight is 782 g/mol. The average Bonchev–Trinajstić information content (AvgIpc) is 3.68. The van der Waals surface area contributed by atoms with Crippen LogP contribution < -0.4 is 15.3 Å². The lowest BCUT2D eigenvalue weighted by Crippen LogP contribution is -2.63. The summed E-state index contributed by atoms with van der Waals surface area (Å²) in [6.45, 7) is 5.10. The fourth-order valence-corrected chi connectivity index (χ4v) is 14.4. The molecule has 1 spiro atoms. The fraction of sp³-hybridized carbons (Fsp3) is 0.0526. The van der Waals surface area contributed by atoms with Gasteiger partial charge >= 0.3 is 0 Å². The molecule has 2 heterocycles. The van der Waals surface area contributed by atoms with Crippen molar-refractivity contribution in [3.63, 3.8) is 0 Å². The zero-order valence-electron chi connectivity index (χ0n) is 33.4. The van der Waals surface area contributed by atoms with E-state index in [2.05, 4.69) is 218 Å². The van der Waals surface area contributed by atoms with E-state index in [9.17, 15) is 0 Å². The summed E-state index contributed by atoms with van der Waals surface area (Å²) in [6, 6.07) is 74.9. The maximum Gasteiger partial charge on any atom is 0.143 e. The molecule has 0 bridgehead atoms. The van der Waals surface area contributed by atoms with Crippen molar-refractivity contribution in [2.45, 2.75) is 18.5 Å². The SMILES string of the molecule is C[Si]1(C)c2ccccc2C2(c3ccccc3-c3cccc4cccc2c34)c2ccc(N(c3ccc4ccccc4c3)c3ccc4c(c3)oc3c5ccccc5ccc43)cc21. The molecule has 1 atom stereocenters. The quantitative estimate of drug-likeness (QED) is 0.166. The molecular weight excluding hydrogens is 743 g/mol. The summed E-state index contributed by atoms with van der Waals surface area (Å²) in [5.41, 5.74) is 12.8. The molecular formula is C57H39NOSi. The zero-order chi connectivity index (χ0) is 39.7. The lowest BCUT2D eigenvalue weighted by atomic mass is 9.59. The van der Waals surface area contributed by atoms with Crippen LogP contribution >= 0.6 is 0 Å². The molecule has 0 saturated carbocycles. The minimum Gasteiger partial charge on any atom is -0.455 e. The molecule has 0 amide bonds. The van der Waals surface area contributed by atoms with Crippen molar-refractivity contribution >= 4 is 89.8 Å². The molecule has 11 aromatic rings. The molecule has 282 valence electrons. The van der Waals surface area contributed by atoms with Gasteiger partial charge in [-0.2, -0.15) is 0 Å². The minimum absolute atomic E-state index is 0.485. The Morgan fingerprint density at radius 1 is 0.400 bits per heavy atom. The molecule has 1 aliphatic carbocycles. The number of anilines is 3. The molecule has 0 N–H and O–H groups in total. The molecule has 1 aliphatic heterocycles. The van der Waals surface area contributed by atoms with Crippen molar-refractivity contribution in [3.8, 4) is 11.1 Å². The molecule has 3 heteroatoms. The van der Waals surface area contributed by atoms with Crippen LogP contribution in [0.2, 0.25) is 13.1 Å². The smallest absolute Gasteiger partial charge is 0.143 e. The van der Waals surface area contributed by atoms with Gasteiger partial charge in [0, 0.05) is 39.3 Å². The van der Waals surface area contributed by atoms with E-state index in [1.807, 2.05) is 0 Å². The van der Waals surface area contributed by atoms with Crippen LogP contribution in [0, 0.1) is 0 Å². The second-order valence-electron chi connectivity index (χ2n) is 17.2. The predicted molar refractivity (Wildman–Crippen MR) is 255 cm³/mol. The third kappa shape index (κ3) is 4.42. The van der Waals surface area contributed by atoms with E-state index in [-0.39, 0.29) is 0 Å². The second-order valence-corrected chi connectivity index (χ2v) is 21.5. The standard InChI is InChI=1S/C57H39NOSi/c1-60(2)53-24-10-9-22-49(53)57(48-21-8-7-19-44(48)46-20-11-16-38-17-12-23-51(57)55(38)46)50-32-29-42(35-54(50)60)58(40-27-25-36-13-3-4-15-39(36)33-40)41-28-31-45-47-30-26-37-14-5-6-18-43(37)56(47)59-52(45)34-41/h3-35H,1-2H3. The molecule has 0 saturated heterocycles. The number of nitrogens with zero attached hydrogens (tertiary/aromatic N) is 1. The first-order valence-corrected chi connectivity index (χ1v) is 24.0. The van der Waals surface area contributed by atoms with Gasteiger partial charge in [0.15, 0.2) is 0 Å². The van der Waals surface area contributed by atoms with Crippen LogP contribution in [-0.2, 0) is 5.41 Å². The number of fused-ring (bicyclic) bond motifs is 14. The van der Waals surface area contributed by atoms with Crippen LogP contribution in [-0.4, -0.2) is 8.07 Å². The lowest BCUT2D eigenvalue weighted by Gasteiger charge is -2.50. The number of benzene rings is 10. The number of furan rings is 1. The molecule has 2 nitrogen and oxygen atoms in total. The van der Waals surface area contributed by atoms with Gasteiger partial charge < -0.3 is 9.32 Å². The Morgan fingerprint density at radius 2 is 1.00 bits per heavy atom. The number of rotatable bonds is 3. The molecule has 10 aromatic carbocycles. The molecule has 0 radical (unpaired) electrons. The Labute approximate surface area is 349 Å². The third-order valence-electron chi connectivity index (χ3n) is 13.9. The van der Waals surface area contributed by atoms with Crippen molar-refractivity contribution in [2.24, 2.45) is 0 Å². The first-order valence-electron chi connectivity index (χ1n) is 21.0. The summed E-state index contributed by atoms with van der Waals surface area (Å²) in [6.07, 6.45) is 0. The van der Waals surface area contributed by atoms with Gasteiger partial charge in [0.2, 0.25) is 0 Å². The summed E-state index contributed by atoms with van der Waals surface area (Å²) >= 11 is 0. The number of hydrogen-bond acceptors (Lipinski definition) is 2. The van der Waals surface area contributed by atoms with Crippen LogP contribution in [0.15, 0.2) is 205 Å². The molecule has 13 rings (SSSR count). The van der Waals surface area contributed by atoms with Crippen molar-refractivity contribution in [1.82, 2.24) is 0 Å². The second kappa shape index (κ2) is 12.2. The van der Waals surface area contributed by atoms with Gasteiger partial charge in [-0.05, 0) is 113 Å². The van der Waals surface area contributed by atoms with Crippen LogP contribution in [0.1, 0.15) is 22.3 Å². The molecule has 2 aliphatic rings. The monoisotopic (exact) mass is 781 g/mol. The van der Waals surface area contributed by atoms with Gasteiger partial charge in [-0.15, -0.1) is 0 Å². The van der Waals surface area contributed by atoms with Gasteiger partial charge in [-0.1, -0.05) is 165 Å². The van der Waals surface area contributed by atoms with E-state index in [0.29, 0.717) is 0 Å². The van der Waals surface area contributed by atoms with E-state index >= 15 is 0 Å². The summed E-state index contributed by atoms with van der Waals surface area (Å²) in [7, 11) is -2.30. The van der Waals surface area contributed by atoms with Gasteiger partial charge in [0.1, 0.15) is 19.2 Å². The summed E-state index contributed by atoms with van der Waals surface area (Å²) in [5, 5.41) is 12.6. The Morgan fingerprint density at radius 3 is 1.90 bits per heavy atom. The van der Waals surface area contributed by atoms with Crippen LogP contribution in [0.25, 0.3) is 65.4 Å². The van der Waals surface area contributed by atoms with Gasteiger partial charge in [-0.25, -0.2) is 0 Å². The summed E-state index contributed by atoms with van der Waals surface area (Å²) in [4.78, 5) is 2.44. The molecule has 1 aromatic heterocycles. The first kappa shape index (κ1) is 33.7. The maximum atomic E-state index is 6.81. The predicted octanol–water partition coefficient (Wildman–Crippen LogP) is 14.0. The zero-order valence-corrected chi connectivity index (χ0v) is 34.4. The summed E-state index contributed by atoms with van der Waals surface area (Å²) in [5.74, 6) is 0.